The molecule has 100 valence electrons. The van der Waals surface area contributed by atoms with Gasteiger partial charge < -0.3 is 5.32 Å². The number of pyridine rings is 1. The second kappa shape index (κ2) is 6.18. The fourth-order valence-electron chi connectivity index (χ4n) is 2.27. The number of hydrogen-bond acceptors (Lipinski definition) is 2. The van der Waals surface area contributed by atoms with Gasteiger partial charge in [-0.15, -0.1) is 0 Å². The van der Waals surface area contributed by atoms with Gasteiger partial charge in [-0.1, -0.05) is 30.7 Å². The van der Waals surface area contributed by atoms with Gasteiger partial charge in [0, 0.05) is 17.4 Å². The second-order valence-corrected chi connectivity index (χ2v) is 5.22. The third kappa shape index (κ3) is 3.34. The monoisotopic (exact) mass is 274 g/mol. The molecule has 1 unspecified atom stereocenters. The van der Waals surface area contributed by atoms with Crippen LogP contribution in [0.4, 0.5) is 0 Å². The second-order valence-electron chi connectivity index (χ2n) is 4.79. The van der Waals surface area contributed by atoms with Crippen LogP contribution in [0.15, 0.2) is 36.7 Å². The van der Waals surface area contributed by atoms with E-state index in [2.05, 4.69) is 43.2 Å². The van der Waals surface area contributed by atoms with Crippen LogP contribution in [0.1, 0.15) is 35.2 Å². The molecular weight excluding hydrogens is 256 g/mol. The highest BCUT2D eigenvalue weighted by molar-refractivity contribution is 6.30. The smallest absolute Gasteiger partial charge is 0.0595 e. The van der Waals surface area contributed by atoms with Crippen LogP contribution in [0.25, 0.3) is 0 Å². The number of nitrogens with zero attached hydrogens (tertiary/aromatic N) is 1. The summed E-state index contributed by atoms with van der Waals surface area (Å²) < 4.78 is 0. The van der Waals surface area contributed by atoms with Gasteiger partial charge in [0.1, 0.15) is 0 Å². The molecule has 0 radical (unpaired) electrons. The van der Waals surface area contributed by atoms with Crippen molar-refractivity contribution < 1.29 is 0 Å². The van der Waals surface area contributed by atoms with Crippen LogP contribution >= 0.6 is 11.6 Å². The van der Waals surface area contributed by atoms with E-state index in [0.29, 0.717) is 0 Å². The molecule has 0 amide bonds. The van der Waals surface area contributed by atoms with Crippen molar-refractivity contribution in [1.82, 2.24) is 10.3 Å². The summed E-state index contributed by atoms with van der Waals surface area (Å²) >= 11 is 6.14. The summed E-state index contributed by atoms with van der Waals surface area (Å²) in [5.41, 5.74) is 4.78. The van der Waals surface area contributed by atoms with E-state index in [0.717, 1.165) is 11.6 Å². The molecule has 1 atom stereocenters. The molecule has 0 saturated heterocycles. The summed E-state index contributed by atoms with van der Waals surface area (Å²) in [5.74, 6) is 0. The minimum absolute atomic E-state index is 0.135. The third-order valence-electron chi connectivity index (χ3n) is 3.19. The largest absolute Gasteiger partial charge is 0.306 e. The van der Waals surface area contributed by atoms with Gasteiger partial charge in [-0.25, -0.2) is 0 Å². The molecule has 0 aliphatic heterocycles. The zero-order chi connectivity index (χ0) is 13.8. The zero-order valence-electron chi connectivity index (χ0n) is 11.6. The number of nitrogens with one attached hydrogen (secondary N) is 1. The minimum atomic E-state index is 0.135. The third-order valence-corrected chi connectivity index (χ3v) is 3.43. The maximum Gasteiger partial charge on any atom is 0.0595 e. The van der Waals surface area contributed by atoms with Crippen LogP contribution in [-0.2, 0) is 0 Å². The van der Waals surface area contributed by atoms with Crippen molar-refractivity contribution in [3.63, 3.8) is 0 Å². The molecule has 2 rings (SSSR count). The normalized spacial score (nSPS) is 12.4. The van der Waals surface area contributed by atoms with Crippen molar-refractivity contribution in [2.45, 2.75) is 26.8 Å². The Kier molecular flexibility index (Phi) is 4.56. The zero-order valence-corrected chi connectivity index (χ0v) is 12.3. The fourth-order valence-corrected chi connectivity index (χ4v) is 2.45. The van der Waals surface area contributed by atoms with Gasteiger partial charge in [0.2, 0.25) is 0 Å². The van der Waals surface area contributed by atoms with Gasteiger partial charge in [0.15, 0.2) is 0 Å². The summed E-state index contributed by atoms with van der Waals surface area (Å²) in [4.78, 5) is 4.29. The van der Waals surface area contributed by atoms with Crippen molar-refractivity contribution in [3.05, 3.63) is 63.9 Å². The predicted octanol–water partition coefficient (Wildman–Crippen LogP) is 4.05. The average Bonchev–Trinajstić information content (AvgIpc) is 2.39. The first-order valence-corrected chi connectivity index (χ1v) is 6.90. The molecule has 1 aromatic carbocycles. The molecular formula is C16H19ClN2. The molecule has 0 fully saturated rings. The quantitative estimate of drug-likeness (QED) is 0.910. The molecule has 0 saturated carbocycles. The maximum absolute atomic E-state index is 6.14. The Balaban J connectivity index is 2.48. The van der Waals surface area contributed by atoms with E-state index in [9.17, 15) is 0 Å². The SMILES string of the molecule is CCNC(c1cncc(C)c1)c1cc(Cl)ccc1C. The molecule has 1 aromatic heterocycles. The summed E-state index contributed by atoms with van der Waals surface area (Å²) in [7, 11) is 0. The summed E-state index contributed by atoms with van der Waals surface area (Å²) in [6.07, 6.45) is 3.79. The maximum atomic E-state index is 6.14. The number of aryl methyl sites for hydroxylation is 2. The van der Waals surface area contributed by atoms with Crippen LogP contribution in [0.3, 0.4) is 0 Å². The fraction of sp³-hybridized carbons (Fsp3) is 0.312. The van der Waals surface area contributed by atoms with E-state index in [1.165, 1.54) is 22.3 Å². The van der Waals surface area contributed by atoms with Gasteiger partial charge in [0.05, 0.1) is 6.04 Å². The van der Waals surface area contributed by atoms with Crippen molar-refractivity contribution in [2.75, 3.05) is 6.54 Å². The van der Waals surface area contributed by atoms with Gasteiger partial charge in [0.25, 0.3) is 0 Å². The summed E-state index contributed by atoms with van der Waals surface area (Å²) in [6.45, 7) is 7.17. The molecule has 0 aliphatic carbocycles. The number of aromatic nitrogens is 1. The lowest BCUT2D eigenvalue weighted by atomic mass is 9.95. The van der Waals surface area contributed by atoms with Gasteiger partial charge in [-0.2, -0.15) is 0 Å². The lowest BCUT2D eigenvalue weighted by Gasteiger charge is -2.21. The Morgan fingerprint density at radius 1 is 1.21 bits per heavy atom. The van der Waals surface area contributed by atoms with E-state index in [1.807, 2.05) is 24.5 Å². The van der Waals surface area contributed by atoms with E-state index in [-0.39, 0.29) is 6.04 Å². The number of hydrogen-bond donors (Lipinski definition) is 1. The number of benzene rings is 1. The highest BCUT2D eigenvalue weighted by atomic mass is 35.5. The first-order chi connectivity index (χ1) is 9.11. The Bertz CT molecular complexity index is 566. The highest BCUT2D eigenvalue weighted by Gasteiger charge is 2.16. The van der Waals surface area contributed by atoms with Crippen LogP contribution in [0.2, 0.25) is 5.02 Å². The molecule has 2 nitrogen and oxygen atoms in total. The van der Waals surface area contributed by atoms with Crippen LogP contribution in [0, 0.1) is 13.8 Å². The van der Waals surface area contributed by atoms with Gasteiger partial charge in [-0.3, -0.25) is 4.98 Å². The van der Waals surface area contributed by atoms with Crippen LogP contribution < -0.4 is 5.32 Å². The van der Waals surface area contributed by atoms with Crippen molar-refractivity contribution in [2.24, 2.45) is 0 Å². The minimum Gasteiger partial charge on any atom is -0.306 e. The molecule has 19 heavy (non-hydrogen) atoms. The van der Waals surface area contributed by atoms with Crippen LogP contribution in [0.5, 0.6) is 0 Å². The summed E-state index contributed by atoms with van der Waals surface area (Å²) in [6, 6.07) is 8.33. The first-order valence-electron chi connectivity index (χ1n) is 6.52. The standard InChI is InChI=1S/C16H19ClN2/c1-4-19-16(13-7-11(2)9-18-10-13)15-8-14(17)6-5-12(15)3/h5-10,16,19H,4H2,1-3H3. The van der Waals surface area contributed by atoms with Gasteiger partial charge >= 0.3 is 0 Å². The average molecular weight is 275 g/mol. The Morgan fingerprint density at radius 2 is 2.00 bits per heavy atom. The molecule has 0 spiro atoms. The van der Waals surface area contributed by atoms with Crippen LogP contribution in [-0.4, -0.2) is 11.5 Å². The van der Waals surface area contributed by atoms with E-state index in [4.69, 9.17) is 11.6 Å². The van der Waals surface area contributed by atoms with E-state index in [1.54, 1.807) is 0 Å². The number of rotatable bonds is 4. The molecule has 0 aliphatic rings. The first kappa shape index (κ1) is 14.0. The van der Waals surface area contributed by atoms with Gasteiger partial charge in [-0.05, 0) is 54.8 Å². The van der Waals surface area contributed by atoms with Crippen molar-refractivity contribution in [1.29, 1.82) is 0 Å². The Labute approximate surface area is 119 Å². The molecule has 1 N–H and O–H groups in total. The van der Waals surface area contributed by atoms with E-state index < -0.39 is 0 Å². The Morgan fingerprint density at radius 3 is 2.68 bits per heavy atom. The predicted molar refractivity (Wildman–Crippen MR) is 80.7 cm³/mol. The summed E-state index contributed by atoms with van der Waals surface area (Å²) in [5, 5.41) is 4.28. The van der Waals surface area contributed by atoms with Crippen molar-refractivity contribution >= 4 is 11.6 Å². The lowest BCUT2D eigenvalue weighted by molar-refractivity contribution is 0.625. The lowest BCUT2D eigenvalue weighted by Crippen LogP contribution is -2.23. The Hall–Kier alpha value is -1.38. The molecule has 0 bridgehead atoms. The molecule has 1 heterocycles. The highest BCUT2D eigenvalue weighted by Crippen LogP contribution is 2.27. The molecule has 2 aromatic rings. The molecule has 3 heteroatoms. The topological polar surface area (TPSA) is 24.9 Å². The van der Waals surface area contributed by atoms with Crippen molar-refractivity contribution in [3.8, 4) is 0 Å². The van der Waals surface area contributed by atoms with E-state index >= 15 is 0 Å². The number of halogens is 1.